The number of hydrogen-bond donors (Lipinski definition) is 2. The molecule has 0 radical (unpaired) electrons. The Balaban J connectivity index is 1.39. The highest BCUT2D eigenvalue weighted by Crippen LogP contribution is 2.31. The Morgan fingerprint density at radius 1 is 1.23 bits per heavy atom. The lowest BCUT2D eigenvalue weighted by Crippen LogP contribution is -2.46. The molecule has 3 N–H and O–H groups in total. The van der Waals surface area contributed by atoms with Gasteiger partial charge in [-0.25, -0.2) is 0 Å². The highest BCUT2D eigenvalue weighted by molar-refractivity contribution is 5.81. The number of hydrogen-bond acceptors (Lipinski definition) is 6. The lowest BCUT2D eigenvalue weighted by atomic mass is 9.86. The Morgan fingerprint density at radius 3 is 2.67 bits per heavy atom. The van der Waals surface area contributed by atoms with Crippen LogP contribution in [-0.4, -0.2) is 44.7 Å². The Kier molecular flexibility index (Phi) is 6.49. The summed E-state index contributed by atoms with van der Waals surface area (Å²) in [4.78, 5) is 18.3. The molecule has 4 rings (SSSR count). The standard InChI is InChI=1S/C23H32N4O3/c1-15(27-14-13-19(28)21(27)22(24)29)17-8-10-18(11-9-17)23-25-20(30-26-23)12-7-16-5-3-2-4-6-16/h8-11,15-16,19,21,28H,2-7,12-14H2,1H3,(H2,24,29)/t15-,19?,21?/m0/s1. The van der Waals surface area contributed by atoms with E-state index >= 15 is 0 Å². The quantitative estimate of drug-likeness (QED) is 0.723. The number of likely N-dealkylation sites (tertiary alicyclic amines) is 1. The molecular weight excluding hydrogens is 380 g/mol. The number of nitrogens with two attached hydrogens (primary N) is 1. The number of carbonyl (C=O) groups excluding carboxylic acids is 1. The first-order valence-corrected chi connectivity index (χ1v) is 11.2. The van der Waals surface area contributed by atoms with E-state index < -0.39 is 18.1 Å². The van der Waals surface area contributed by atoms with Crippen molar-refractivity contribution >= 4 is 5.91 Å². The summed E-state index contributed by atoms with van der Waals surface area (Å²) in [6.45, 7) is 2.67. The van der Waals surface area contributed by atoms with Crippen LogP contribution in [0.4, 0.5) is 0 Å². The van der Waals surface area contributed by atoms with Gasteiger partial charge in [-0.05, 0) is 31.2 Å². The van der Waals surface area contributed by atoms with E-state index in [4.69, 9.17) is 10.3 Å². The fourth-order valence-electron chi connectivity index (χ4n) is 4.97. The molecule has 1 saturated heterocycles. The number of aliphatic hydroxyl groups is 1. The van der Waals surface area contributed by atoms with Gasteiger partial charge in [-0.15, -0.1) is 0 Å². The molecule has 7 heteroatoms. The van der Waals surface area contributed by atoms with E-state index in [1.807, 2.05) is 36.1 Å². The van der Waals surface area contributed by atoms with Crippen LogP contribution in [0.5, 0.6) is 0 Å². The molecule has 1 aromatic heterocycles. The summed E-state index contributed by atoms with van der Waals surface area (Å²) in [5, 5.41) is 14.2. The molecule has 2 fully saturated rings. The van der Waals surface area contributed by atoms with Gasteiger partial charge >= 0.3 is 0 Å². The van der Waals surface area contributed by atoms with E-state index in [1.54, 1.807) is 0 Å². The highest BCUT2D eigenvalue weighted by atomic mass is 16.5. The third-order valence-corrected chi connectivity index (χ3v) is 6.80. The molecule has 2 aromatic rings. The van der Waals surface area contributed by atoms with Gasteiger partial charge < -0.3 is 15.4 Å². The molecule has 1 aliphatic carbocycles. The normalized spacial score (nSPS) is 24.2. The van der Waals surface area contributed by atoms with Crippen molar-refractivity contribution in [2.75, 3.05) is 6.54 Å². The average molecular weight is 413 g/mol. The minimum atomic E-state index is -0.699. The summed E-state index contributed by atoms with van der Waals surface area (Å²) >= 11 is 0. The fourth-order valence-corrected chi connectivity index (χ4v) is 4.97. The average Bonchev–Trinajstić information content (AvgIpc) is 3.39. The van der Waals surface area contributed by atoms with Crippen LogP contribution in [0.25, 0.3) is 11.4 Å². The molecule has 1 aliphatic heterocycles. The van der Waals surface area contributed by atoms with E-state index in [1.165, 1.54) is 32.1 Å². The molecule has 2 heterocycles. The van der Waals surface area contributed by atoms with Gasteiger partial charge in [0.2, 0.25) is 17.6 Å². The monoisotopic (exact) mass is 412 g/mol. The number of aliphatic hydroxyl groups excluding tert-OH is 1. The molecular formula is C23H32N4O3. The predicted molar refractivity (Wildman–Crippen MR) is 113 cm³/mol. The van der Waals surface area contributed by atoms with Crippen molar-refractivity contribution in [1.82, 2.24) is 15.0 Å². The zero-order valence-corrected chi connectivity index (χ0v) is 17.7. The van der Waals surface area contributed by atoms with Crippen LogP contribution in [0.15, 0.2) is 28.8 Å². The first-order chi connectivity index (χ1) is 14.5. The van der Waals surface area contributed by atoms with E-state index in [0.717, 1.165) is 29.9 Å². The van der Waals surface area contributed by atoms with E-state index in [0.29, 0.717) is 24.7 Å². The second-order valence-corrected chi connectivity index (χ2v) is 8.79. The number of amides is 1. The zero-order chi connectivity index (χ0) is 21.1. The number of aryl methyl sites for hydroxylation is 1. The Bertz CT molecular complexity index is 844. The number of nitrogens with zero attached hydrogens (tertiary/aromatic N) is 3. The minimum absolute atomic E-state index is 0.0231. The predicted octanol–water partition coefficient (Wildman–Crippen LogP) is 3.23. The van der Waals surface area contributed by atoms with E-state index in [2.05, 4.69) is 10.1 Å². The number of benzene rings is 1. The maximum Gasteiger partial charge on any atom is 0.237 e. The fraction of sp³-hybridized carbons (Fsp3) is 0.609. The smallest absolute Gasteiger partial charge is 0.237 e. The molecule has 1 amide bonds. The van der Waals surface area contributed by atoms with Crippen molar-refractivity contribution in [1.29, 1.82) is 0 Å². The molecule has 0 bridgehead atoms. The van der Waals surface area contributed by atoms with Crippen LogP contribution < -0.4 is 5.73 Å². The van der Waals surface area contributed by atoms with Crippen LogP contribution in [-0.2, 0) is 11.2 Å². The van der Waals surface area contributed by atoms with Gasteiger partial charge in [0.1, 0.15) is 6.04 Å². The van der Waals surface area contributed by atoms with Crippen LogP contribution in [0, 0.1) is 5.92 Å². The molecule has 2 aliphatic rings. The second-order valence-electron chi connectivity index (χ2n) is 8.79. The molecule has 3 atom stereocenters. The van der Waals surface area contributed by atoms with Crippen LogP contribution in [0.3, 0.4) is 0 Å². The first-order valence-electron chi connectivity index (χ1n) is 11.2. The van der Waals surface area contributed by atoms with Crippen LogP contribution in [0.1, 0.15) is 69.4 Å². The lowest BCUT2D eigenvalue weighted by molar-refractivity contribution is -0.125. The van der Waals surface area contributed by atoms with Gasteiger partial charge in [0.05, 0.1) is 6.10 Å². The number of rotatable bonds is 7. The van der Waals surface area contributed by atoms with E-state index in [9.17, 15) is 9.90 Å². The van der Waals surface area contributed by atoms with Gasteiger partial charge in [-0.1, -0.05) is 61.5 Å². The van der Waals surface area contributed by atoms with Crippen molar-refractivity contribution in [3.05, 3.63) is 35.7 Å². The van der Waals surface area contributed by atoms with Crippen LogP contribution in [0.2, 0.25) is 0 Å². The molecule has 1 saturated carbocycles. The molecule has 2 unspecified atom stereocenters. The number of aromatic nitrogens is 2. The second kappa shape index (κ2) is 9.27. The lowest BCUT2D eigenvalue weighted by Gasteiger charge is -2.30. The molecule has 0 spiro atoms. The summed E-state index contributed by atoms with van der Waals surface area (Å²) in [5.74, 6) is 1.64. The topological polar surface area (TPSA) is 105 Å². The Labute approximate surface area is 177 Å². The van der Waals surface area contributed by atoms with Crippen molar-refractivity contribution < 1.29 is 14.4 Å². The minimum Gasteiger partial charge on any atom is -0.391 e. The third kappa shape index (κ3) is 4.57. The van der Waals surface area contributed by atoms with E-state index in [-0.39, 0.29) is 6.04 Å². The number of primary amides is 1. The maximum atomic E-state index is 11.7. The van der Waals surface area contributed by atoms with Crippen molar-refractivity contribution in [2.24, 2.45) is 11.7 Å². The summed E-state index contributed by atoms with van der Waals surface area (Å²) < 4.78 is 5.47. The molecule has 30 heavy (non-hydrogen) atoms. The first kappa shape index (κ1) is 21.0. The van der Waals surface area contributed by atoms with Gasteiger partial charge in [-0.3, -0.25) is 9.69 Å². The molecule has 1 aromatic carbocycles. The van der Waals surface area contributed by atoms with Crippen molar-refractivity contribution in [3.8, 4) is 11.4 Å². The SMILES string of the molecule is C[C@@H](c1ccc(-c2noc(CCC3CCCCC3)n2)cc1)N1CCC(O)C1C(N)=O. The number of carbonyl (C=O) groups is 1. The van der Waals surface area contributed by atoms with Crippen molar-refractivity contribution in [3.63, 3.8) is 0 Å². The van der Waals surface area contributed by atoms with Gasteiger partial charge in [0.25, 0.3) is 0 Å². The zero-order valence-electron chi connectivity index (χ0n) is 17.7. The summed E-state index contributed by atoms with van der Waals surface area (Å²) in [6, 6.07) is 7.33. The summed E-state index contributed by atoms with van der Waals surface area (Å²) in [5.41, 5.74) is 7.47. The molecule has 162 valence electrons. The van der Waals surface area contributed by atoms with Crippen molar-refractivity contribution in [2.45, 2.75) is 76.5 Å². The largest absolute Gasteiger partial charge is 0.391 e. The van der Waals surface area contributed by atoms with Gasteiger partial charge in [0.15, 0.2) is 0 Å². The van der Waals surface area contributed by atoms with Crippen LogP contribution >= 0.6 is 0 Å². The Hall–Kier alpha value is -2.25. The van der Waals surface area contributed by atoms with Gasteiger partial charge in [0, 0.05) is 24.6 Å². The van der Waals surface area contributed by atoms with Gasteiger partial charge in [-0.2, -0.15) is 4.98 Å². The summed E-state index contributed by atoms with van der Waals surface area (Å²) in [6.07, 6.45) is 8.55. The highest BCUT2D eigenvalue weighted by Gasteiger charge is 2.39. The maximum absolute atomic E-state index is 11.7. The summed E-state index contributed by atoms with van der Waals surface area (Å²) in [7, 11) is 0. The Morgan fingerprint density at radius 2 is 1.97 bits per heavy atom. The molecule has 7 nitrogen and oxygen atoms in total. The third-order valence-electron chi connectivity index (χ3n) is 6.80.